The molecule has 17 heavy (non-hydrogen) atoms. The second-order valence-corrected chi connectivity index (χ2v) is 5.82. The number of aromatic nitrogens is 3. The Morgan fingerprint density at radius 3 is 2.53 bits per heavy atom. The van der Waals surface area contributed by atoms with Crippen LogP contribution in [0.1, 0.15) is 62.1 Å². The second kappa shape index (κ2) is 3.80. The number of fused-ring (bicyclic) bond motifs is 1. The molecule has 1 unspecified atom stereocenters. The van der Waals surface area contributed by atoms with E-state index in [0.717, 1.165) is 19.0 Å². The van der Waals surface area contributed by atoms with Crippen LogP contribution >= 0.6 is 0 Å². The van der Waals surface area contributed by atoms with Crippen molar-refractivity contribution in [2.24, 2.45) is 5.92 Å². The van der Waals surface area contributed by atoms with Crippen molar-refractivity contribution in [3.8, 4) is 0 Å². The van der Waals surface area contributed by atoms with Crippen LogP contribution in [0.4, 0.5) is 0 Å². The zero-order valence-corrected chi connectivity index (χ0v) is 10.2. The van der Waals surface area contributed by atoms with Crippen molar-refractivity contribution in [2.75, 3.05) is 6.54 Å². The molecule has 2 heterocycles. The highest BCUT2D eigenvalue weighted by molar-refractivity contribution is 5.12. The van der Waals surface area contributed by atoms with Crippen molar-refractivity contribution in [3.05, 3.63) is 11.6 Å². The molecule has 1 atom stereocenters. The smallest absolute Gasteiger partial charge is 0.150 e. The van der Waals surface area contributed by atoms with E-state index in [-0.39, 0.29) is 0 Å². The summed E-state index contributed by atoms with van der Waals surface area (Å²) in [5.74, 6) is 4.02. The van der Waals surface area contributed by atoms with Crippen LogP contribution in [0.2, 0.25) is 0 Å². The fourth-order valence-electron chi connectivity index (χ4n) is 3.50. The highest BCUT2D eigenvalue weighted by Crippen LogP contribution is 2.42. The molecular weight excluding hydrogens is 212 g/mol. The lowest BCUT2D eigenvalue weighted by molar-refractivity contribution is 0.373. The van der Waals surface area contributed by atoms with Crippen LogP contribution in [0.25, 0.3) is 0 Å². The summed E-state index contributed by atoms with van der Waals surface area (Å²) in [6.45, 7) is 2.16. The molecule has 4 rings (SSSR count). The molecule has 0 amide bonds. The number of nitrogens with zero attached hydrogens (tertiary/aromatic N) is 3. The molecule has 4 nitrogen and oxygen atoms in total. The Kier molecular flexibility index (Phi) is 2.25. The first kappa shape index (κ1) is 10.1. The topological polar surface area (TPSA) is 42.7 Å². The van der Waals surface area contributed by atoms with Gasteiger partial charge in [0.1, 0.15) is 5.82 Å². The minimum absolute atomic E-state index is 0.492. The summed E-state index contributed by atoms with van der Waals surface area (Å²) in [5, 5.41) is 12.6. The third-order valence-electron chi connectivity index (χ3n) is 4.60. The van der Waals surface area contributed by atoms with Gasteiger partial charge in [-0.1, -0.05) is 12.8 Å². The van der Waals surface area contributed by atoms with E-state index in [1.807, 2.05) is 0 Å². The van der Waals surface area contributed by atoms with Crippen molar-refractivity contribution in [1.29, 1.82) is 0 Å². The highest BCUT2D eigenvalue weighted by Gasteiger charge is 2.38. The average Bonchev–Trinajstić information content (AvgIpc) is 2.90. The van der Waals surface area contributed by atoms with Gasteiger partial charge in [0.25, 0.3) is 0 Å². The van der Waals surface area contributed by atoms with Gasteiger partial charge in [0.15, 0.2) is 5.82 Å². The van der Waals surface area contributed by atoms with E-state index >= 15 is 0 Å². The molecule has 2 fully saturated rings. The fraction of sp³-hybridized carbons (Fsp3) is 0.846. The monoisotopic (exact) mass is 232 g/mol. The Balaban J connectivity index is 1.68. The molecule has 1 N–H and O–H groups in total. The molecule has 0 bridgehead atoms. The largest absolute Gasteiger partial charge is 0.312 e. The van der Waals surface area contributed by atoms with Gasteiger partial charge in [0, 0.05) is 19.0 Å². The molecule has 1 aromatic heterocycles. The third kappa shape index (κ3) is 1.61. The van der Waals surface area contributed by atoms with E-state index in [4.69, 9.17) is 0 Å². The zero-order valence-electron chi connectivity index (χ0n) is 10.2. The molecule has 0 saturated heterocycles. The number of rotatable bonds is 2. The molecule has 1 aromatic rings. The van der Waals surface area contributed by atoms with Gasteiger partial charge in [0.05, 0.1) is 6.04 Å². The predicted molar refractivity (Wildman–Crippen MR) is 64.7 cm³/mol. The SMILES string of the molecule is C1CCC(c2nnc3n2CCNC3C2CC2)C1. The molecule has 0 radical (unpaired) electrons. The third-order valence-corrected chi connectivity index (χ3v) is 4.60. The van der Waals surface area contributed by atoms with Crippen LogP contribution in [0, 0.1) is 5.92 Å². The molecule has 4 heteroatoms. The lowest BCUT2D eigenvalue weighted by Gasteiger charge is -2.25. The maximum absolute atomic E-state index is 4.51. The number of nitrogens with one attached hydrogen (secondary N) is 1. The first-order chi connectivity index (χ1) is 8.43. The molecule has 3 aliphatic rings. The van der Waals surface area contributed by atoms with E-state index in [9.17, 15) is 0 Å². The van der Waals surface area contributed by atoms with Gasteiger partial charge >= 0.3 is 0 Å². The van der Waals surface area contributed by atoms with Gasteiger partial charge in [-0.25, -0.2) is 0 Å². The van der Waals surface area contributed by atoms with Gasteiger partial charge in [-0.15, -0.1) is 10.2 Å². The zero-order chi connectivity index (χ0) is 11.2. The van der Waals surface area contributed by atoms with E-state index in [0.29, 0.717) is 12.0 Å². The molecular formula is C13H20N4. The van der Waals surface area contributed by atoms with E-state index in [1.165, 1.54) is 50.2 Å². The van der Waals surface area contributed by atoms with Crippen molar-refractivity contribution in [1.82, 2.24) is 20.1 Å². The number of hydrogen-bond acceptors (Lipinski definition) is 3. The molecule has 0 aromatic carbocycles. The fourth-order valence-corrected chi connectivity index (χ4v) is 3.50. The minimum Gasteiger partial charge on any atom is -0.312 e. The average molecular weight is 232 g/mol. The summed E-state index contributed by atoms with van der Waals surface area (Å²) in [7, 11) is 0. The standard InChI is InChI=1S/C13H20N4/c1-2-4-10(3-1)12-15-16-13-11(9-5-6-9)14-7-8-17(12)13/h9-11,14H,1-8H2. The molecule has 2 saturated carbocycles. The van der Waals surface area contributed by atoms with Gasteiger partial charge < -0.3 is 9.88 Å². The highest BCUT2D eigenvalue weighted by atomic mass is 15.3. The Hall–Kier alpha value is -0.900. The van der Waals surface area contributed by atoms with Crippen LogP contribution in [0.3, 0.4) is 0 Å². The van der Waals surface area contributed by atoms with Crippen molar-refractivity contribution < 1.29 is 0 Å². The van der Waals surface area contributed by atoms with E-state index < -0.39 is 0 Å². The van der Waals surface area contributed by atoms with Crippen molar-refractivity contribution in [2.45, 2.75) is 57.0 Å². The summed E-state index contributed by atoms with van der Waals surface area (Å²) in [4.78, 5) is 0. The molecule has 92 valence electrons. The van der Waals surface area contributed by atoms with Crippen molar-refractivity contribution >= 4 is 0 Å². The molecule has 2 aliphatic carbocycles. The maximum atomic E-state index is 4.51. The quantitative estimate of drug-likeness (QED) is 0.848. The summed E-state index contributed by atoms with van der Waals surface area (Å²) in [6.07, 6.45) is 8.11. The van der Waals surface area contributed by atoms with Gasteiger partial charge in [-0.05, 0) is 31.6 Å². The Morgan fingerprint density at radius 1 is 1.00 bits per heavy atom. The van der Waals surface area contributed by atoms with Crippen LogP contribution in [-0.4, -0.2) is 21.3 Å². The minimum atomic E-state index is 0.492. The van der Waals surface area contributed by atoms with Gasteiger partial charge in [0.2, 0.25) is 0 Å². The lowest BCUT2D eigenvalue weighted by Crippen LogP contribution is -2.35. The Morgan fingerprint density at radius 2 is 1.76 bits per heavy atom. The van der Waals surface area contributed by atoms with Gasteiger partial charge in [-0.2, -0.15) is 0 Å². The van der Waals surface area contributed by atoms with Crippen molar-refractivity contribution in [3.63, 3.8) is 0 Å². The summed E-state index contributed by atoms with van der Waals surface area (Å²) >= 11 is 0. The van der Waals surface area contributed by atoms with Crippen LogP contribution in [0.5, 0.6) is 0 Å². The molecule has 0 spiro atoms. The predicted octanol–water partition coefficient (Wildman–Crippen LogP) is 1.99. The van der Waals surface area contributed by atoms with Crippen LogP contribution in [0.15, 0.2) is 0 Å². The first-order valence-corrected chi connectivity index (χ1v) is 7.10. The first-order valence-electron chi connectivity index (χ1n) is 7.10. The van der Waals surface area contributed by atoms with Crippen LogP contribution < -0.4 is 5.32 Å². The Labute approximate surface area is 102 Å². The van der Waals surface area contributed by atoms with E-state index in [2.05, 4.69) is 20.1 Å². The van der Waals surface area contributed by atoms with Crippen LogP contribution in [-0.2, 0) is 6.54 Å². The summed E-state index contributed by atoms with van der Waals surface area (Å²) in [6, 6.07) is 0.492. The lowest BCUT2D eigenvalue weighted by atomic mass is 10.1. The normalized spacial score (nSPS) is 29.5. The number of hydrogen-bond donors (Lipinski definition) is 1. The summed E-state index contributed by atoms with van der Waals surface area (Å²) < 4.78 is 2.43. The maximum Gasteiger partial charge on any atom is 0.150 e. The molecule has 1 aliphatic heterocycles. The van der Waals surface area contributed by atoms with Gasteiger partial charge in [-0.3, -0.25) is 0 Å². The summed E-state index contributed by atoms with van der Waals surface area (Å²) in [5.41, 5.74) is 0. The second-order valence-electron chi connectivity index (χ2n) is 5.82. The van der Waals surface area contributed by atoms with E-state index in [1.54, 1.807) is 0 Å². The Bertz CT molecular complexity index is 402.